The minimum Gasteiger partial charge on any atom is -0.481 e. The van der Waals surface area contributed by atoms with Crippen LogP contribution in [0.25, 0.3) is 6.08 Å². The summed E-state index contributed by atoms with van der Waals surface area (Å²) in [6, 6.07) is 1.15. The van der Waals surface area contributed by atoms with Crippen LogP contribution in [0.3, 0.4) is 0 Å². The van der Waals surface area contributed by atoms with Gasteiger partial charge in [-0.2, -0.15) is 26.3 Å². The molecule has 0 heterocycles. The molecular weight excluding hydrogens is 516 g/mol. The van der Waals surface area contributed by atoms with Crippen LogP contribution in [-0.2, 0) is 26.7 Å². The molecule has 38 heavy (non-hydrogen) atoms. The average molecular weight is 539 g/mol. The van der Waals surface area contributed by atoms with E-state index in [0.717, 1.165) is 6.08 Å². The summed E-state index contributed by atoms with van der Waals surface area (Å²) in [4.78, 5) is 35.5. The van der Waals surface area contributed by atoms with E-state index in [4.69, 9.17) is 5.11 Å². The SMILES string of the molecule is O=C(O)CCCCCCC(=O)NC1=C=C=C2C(=O)/C(=C/c3cc(C(F)(F)F)cc(C(F)(F)F)c3)CCC2=C1. The summed E-state index contributed by atoms with van der Waals surface area (Å²) in [5.41, 5.74) is 2.90. The second-order valence-electron chi connectivity index (χ2n) is 8.90. The van der Waals surface area contributed by atoms with Gasteiger partial charge in [0.1, 0.15) is 0 Å². The highest BCUT2D eigenvalue weighted by Crippen LogP contribution is 2.38. The molecule has 2 aliphatic rings. The van der Waals surface area contributed by atoms with Crippen LogP contribution < -0.4 is 5.32 Å². The fourth-order valence-corrected chi connectivity index (χ4v) is 4.03. The smallest absolute Gasteiger partial charge is 0.416 e. The largest absolute Gasteiger partial charge is 0.481 e. The van der Waals surface area contributed by atoms with Crippen LogP contribution >= 0.6 is 0 Å². The zero-order valence-corrected chi connectivity index (χ0v) is 20.0. The zero-order valence-electron chi connectivity index (χ0n) is 20.0. The first kappa shape index (κ1) is 28.8. The zero-order chi connectivity index (χ0) is 28.1. The molecule has 0 saturated heterocycles. The van der Waals surface area contributed by atoms with Crippen LogP contribution in [0.15, 0.2) is 58.2 Å². The topological polar surface area (TPSA) is 83.5 Å². The highest BCUT2D eigenvalue weighted by Gasteiger charge is 2.37. The van der Waals surface area contributed by atoms with Gasteiger partial charge in [0.25, 0.3) is 0 Å². The van der Waals surface area contributed by atoms with Gasteiger partial charge >= 0.3 is 18.3 Å². The number of rotatable bonds is 9. The van der Waals surface area contributed by atoms with Crippen molar-refractivity contribution >= 4 is 23.7 Å². The summed E-state index contributed by atoms with van der Waals surface area (Å²) in [5, 5.41) is 11.3. The lowest BCUT2D eigenvalue weighted by molar-refractivity contribution is -0.143. The molecule has 1 amide bonds. The van der Waals surface area contributed by atoms with Crippen LogP contribution in [0.4, 0.5) is 26.3 Å². The molecular formula is C27H23F6NO4. The molecule has 0 radical (unpaired) electrons. The summed E-state index contributed by atoms with van der Waals surface area (Å²) >= 11 is 0. The molecule has 2 aliphatic carbocycles. The Labute approximate surface area is 213 Å². The van der Waals surface area contributed by atoms with Crippen LogP contribution in [0.1, 0.15) is 68.1 Å². The Morgan fingerprint density at radius 1 is 0.895 bits per heavy atom. The number of carboxylic acids is 1. The fraction of sp³-hybridized carbons (Fsp3) is 0.370. The summed E-state index contributed by atoms with van der Waals surface area (Å²) in [5.74, 6) is -1.75. The molecule has 11 heteroatoms. The fourth-order valence-electron chi connectivity index (χ4n) is 4.03. The van der Waals surface area contributed by atoms with Gasteiger partial charge in [0, 0.05) is 18.4 Å². The van der Waals surface area contributed by atoms with Crippen molar-refractivity contribution < 1.29 is 45.8 Å². The van der Waals surface area contributed by atoms with Crippen molar-refractivity contribution in [1.29, 1.82) is 0 Å². The molecule has 3 rings (SSSR count). The molecule has 5 nitrogen and oxygen atoms in total. The number of Topliss-reactive ketones (excluding diaryl/α,β-unsaturated/α-hetero) is 1. The summed E-state index contributed by atoms with van der Waals surface area (Å²) in [7, 11) is 0. The van der Waals surface area contributed by atoms with E-state index in [1.807, 2.05) is 0 Å². The number of carbonyl (C=O) groups is 3. The third kappa shape index (κ3) is 7.84. The third-order valence-electron chi connectivity index (χ3n) is 5.91. The molecule has 202 valence electrons. The maximum Gasteiger partial charge on any atom is 0.416 e. The van der Waals surface area contributed by atoms with Gasteiger partial charge < -0.3 is 10.4 Å². The third-order valence-corrected chi connectivity index (χ3v) is 5.91. The Hall–Kier alpha value is -3.81. The molecule has 1 fully saturated rings. The lowest BCUT2D eigenvalue weighted by Gasteiger charge is -2.20. The first-order chi connectivity index (χ1) is 17.7. The number of hydrogen-bond acceptors (Lipinski definition) is 3. The van der Waals surface area contributed by atoms with Gasteiger partial charge in [0.2, 0.25) is 5.91 Å². The number of alkyl halides is 6. The molecule has 0 unspecified atom stereocenters. The molecule has 0 atom stereocenters. The average Bonchev–Trinajstić information content (AvgIpc) is 2.81. The minimum absolute atomic E-state index is 0.0258. The van der Waals surface area contributed by atoms with Crippen molar-refractivity contribution in [1.82, 2.24) is 5.32 Å². The lowest BCUT2D eigenvalue weighted by Crippen LogP contribution is -2.23. The van der Waals surface area contributed by atoms with Crippen molar-refractivity contribution in [2.75, 3.05) is 0 Å². The number of halogens is 6. The summed E-state index contributed by atoms with van der Waals surface area (Å²) in [6.07, 6.45) is -4.33. The van der Waals surface area contributed by atoms with E-state index in [0.29, 0.717) is 43.4 Å². The number of carboxylic acid groups (broad SMARTS) is 1. The second kappa shape index (κ2) is 11.7. The number of allylic oxidation sites excluding steroid dienone is 4. The number of carbonyl (C=O) groups excluding carboxylic acids is 2. The number of amides is 1. The molecule has 2 N–H and O–H groups in total. The molecule has 1 aromatic rings. The first-order valence-electron chi connectivity index (χ1n) is 11.8. The second-order valence-corrected chi connectivity index (χ2v) is 8.90. The predicted molar refractivity (Wildman–Crippen MR) is 124 cm³/mol. The van der Waals surface area contributed by atoms with Crippen molar-refractivity contribution in [3.05, 3.63) is 74.8 Å². The maximum absolute atomic E-state index is 13.1. The number of hydrogen-bond donors (Lipinski definition) is 2. The van der Waals surface area contributed by atoms with Gasteiger partial charge in [-0.15, -0.1) is 0 Å². The highest BCUT2D eigenvalue weighted by molar-refractivity contribution is 6.14. The van der Waals surface area contributed by atoms with Gasteiger partial charge in [0.05, 0.1) is 22.4 Å². The number of nitrogens with one attached hydrogen (secondary N) is 1. The molecule has 0 spiro atoms. The Bertz CT molecular complexity index is 1270. The number of ketones is 1. The van der Waals surface area contributed by atoms with E-state index in [9.17, 15) is 40.7 Å². The Kier molecular flexibility index (Phi) is 8.86. The predicted octanol–water partition coefficient (Wildman–Crippen LogP) is 6.52. The molecule has 0 bridgehead atoms. The van der Waals surface area contributed by atoms with E-state index in [2.05, 4.69) is 16.8 Å². The van der Waals surface area contributed by atoms with Crippen molar-refractivity contribution in [3.8, 4) is 0 Å². The van der Waals surface area contributed by atoms with Crippen molar-refractivity contribution in [3.63, 3.8) is 0 Å². The lowest BCUT2D eigenvalue weighted by atomic mass is 9.83. The van der Waals surface area contributed by atoms with Gasteiger partial charge in [0.15, 0.2) is 5.78 Å². The Morgan fingerprint density at radius 3 is 2.08 bits per heavy atom. The van der Waals surface area contributed by atoms with Gasteiger partial charge in [-0.1, -0.05) is 18.6 Å². The maximum atomic E-state index is 13.1. The molecule has 0 aliphatic heterocycles. The Morgan fingerprint density at radius 2 is 1.50 bits per heavy atom. The minimum atomic E-state index is -5.00. The van der Waals surface area contributed by atoms with Crippen LogP contribution in [0.2, 0.25) is 0 Å². The standard InChI is InChI=1S/C27H23F6NO4/c28-26(29,30)19-12-16(13-20(15-19)27(31,32)33)11-18-8-7-17-14-21(9-10-22(17)25(18)38)34-23(35)5-3-1-2-4-6-24(36)37/h11-15H,1-8H2,(H,34,35)(H,36,37)/b18-11+. The van der Waals surface area contributed by atoms with Gasteiger partial charge in [-0.3, -0.25) is 14.4 Å². The van der Waals surface area contributed by atoms with E-state index in [1.54, 1.807) is 0 Å². The molecule has 1 saturated carbocycles. The van der Waals surface area contributed by atoms with E-state index in [-0.39, 0.29) is 54.5 Å². The van der Waals surface area contributed by atoms with Crippen LogP contribution in [0, 0.1) is 0 Å². The highest BCUT2D eigenvalue weighted by atomic mass is 19.4. The number of benzene rings is 1. The van der Waals surface area contributed by atoms with Gasteiger partial charge in [-0.25, -0.2) is 0 Å². The number of fused-ring (bicyclic) bond motifs is 1. The van der Waals surface area contributed by atoms with Gasteiger partial charge in [-0.05, 0) is 72.9 Å². The molecule has 1 aromatic carbocycles. The quantitative estimate of drug-likeness (QED) is 0.162. The number of unbranched alkanes of at least 4 members (excludes halogenated alkanes) is 3. The van der Waals surface area contributed by atoms with E-state index >= 15 is 0 Å². The first-order valence-corrected chi connectivity index (χ1v) is 11.8. The van der Waals surface area contributed by atoms with E-state index in [1.165, 1.54) is 6.08 Å². The van der Waals surface area contributed by atoms with Crippen molar-refractivity contribution in [2.24, 2.45) is 0 Å². The van der Waals surface area contributed by atoms with Crippen molar-refractivity contribution in [2.45, 2.75) is 63.7 Å². The number of aliphatic carboxylic acids is 1. The normalized spacial score (nSPS) is 16.5. The summed E-state index contributed by atoms with van der Waals surface area (Å²) in [6.45, 7) is 0. The Balaban J connectivity index is 1.73. The van der Waals surface area contributed by atoms with Crippen LogP contribution in [0.5, 0.6) is 0 Å². The monoisotopic (exact) mass is 539 g/mol. The summed E-state index contributed by atoms with van der Waals surface area (Å²) < 4.78 is 78.9. The van der Waals surface area contributed by atoms with Crippen LogP contribution in [-0.4, -0.2) is 22.8 Å². The van der Waals surface area contributed by atoms with E-state index < -0.39 is 40.8 Å². The molecule has 0 aromatic heterocycles.